The van der Waals surface area contributed by atoms with Gasteiger partial charge in [0.05, 0.1) is 5.52 Å². The Morgan fingerprint density at radius 3 is 2.58 bits per heavy atom. The molecule has 0 bridgehead atoms. The minimum Gasteiger partial charge on any atom is -0.350 e. The highest BCUT2D eigenvalue weighted by molar-refractivity contribution is 5.94. The smallest absolute Gasteiger partial charge is 0.155 e. The maximum Gasteiger partial charge on any atom is 0.155 e. The Hall–Kier alpha value is -3.58. The van der Waals surface area contributed by atoms with Crippen molar-refractivity contribution < 1.29 is 0 Å². The summed E-state index contributed by atoms with van der Waals surface area (Å²) in [5.41, 5.74) is 9.37. The van der Waals surface area contributed by atoms with E-state index in [1.54, 1.807) is 0 Å². The molecule has 31 heavy (non-hydrogen) atoms. The van der Waals surface area contributed by atoms with Gasteiger partial charge in [0.15, 0.2) is 5.82 Å². The van der Waals surface area contributed by atoms with Crippen LogP contribution in [0.15, 0.2) is 54.6 Å². The van der Waals surface area contributed by atoms with Gasteiger partial charge >= 0.3 is 0 Å². The lowest BCUT2D eigenvalue weighted by molar-refractivity contribution is 0.717. The molecule has 4 nitrogen and oxygen atoms in total. The van der Waals surface area contributed by atoms with Crippen LogP contribution in [0.4, 0.5) is 5.82 Å². The second-order valence-corrected chi connectivity index (χ2v) is 8.56. The van der Waals surface area contributed by atoms with Crippen molar-refractivity contribution in [3.05, 3.63) is 93.8 Å². The third-order valence-corrected chi connectivity index (χ3v) is 6.56. The van der Waals surface area contributed by atoms with Crippen LogP contribution in [0.5, 0.6) is 0 Å². The number of anilines is 1. The Bertz CT molecular complexity index is 1340. The molecule has 0 spiro atoms. The molecule has 0 radical (unpaired) electrons. The third kappa shape index (κ3) is 3.37. The first-order valence-corrected chi connectivity index (χ1v) is 10.8. The predicted octanol–water partition coefficient (Wildman–Crippen LogP) is 5.44. The minimum absolute atomic E-state index is 0.483. The molecule has 0 atom stereocenters. The number of rotatable bonds is 3. The normalized spacial score (nSPS) is 13.3. The van der Waals surface area contributed by atoms with Gasteiger partial charge in [-0.3, -0.25) is 0 Å². The molecule has 4 heteroatoms. The van der Waals surface area contributed by atoms with Gasteiger partial charge in [0.25, 0.3) is 0 Å². The van der Waals surface area contributed by atoms with Crippen molar-refractivity contribution in [2.75, 3.05) is 11.4 Å². The molecular weight excluding hydrogens is 380 g/mol. The summed E-state index contributed by atoms with van der Waals surface area (Å²) < 4.78 is 2.38. The van der Waals surface area contributed by atoms with E-state index in [2.05, 4.69) is 84.8 Å². The molecular formula is C27H26N4. The highest BCUT2D eigenvalue weighted by Crippen LogP contribution is 2.35. The lowest BCUT2D eigenvalue weighted by atomic mass is 10.00. The number of hydrogen-bond donors (Lipinski definition) is 0. The summed E-state index contributed by atoms with van der Waals surface area (Å²) >= 11 is 0. The van der Waals surface area contributed by atoms with Gasteiger partial charge in [-0.2, -0.15) is 5.26 Å². The van der Waals surface area contributed by atoms with Crippen LogP contribution in [-0.2, 0) is 19.5 Å². The van der Waals surface area contributed by atoms with Crippen LogP contribution in [-0.4, -0.2) is 16.1 Å². The van der Waals surface area contributed by atoms with Crippen molar-refractivity contribution in [2.24, 2.45) is 0 Å². The number of hydrogen-bond acceptors (Lipinski definition) is 3. The molecule has 1 aliphatic heterocycles. The van der Waals surface area contributed by atoms with Crippen LogP contribution in [0.2, 0.25) is 0 Å². The maximum atomic E-state index is 9.67. The van der Waals surface area contributed by atoms with E-state index in [4.69, 9.17) is 4.98 Å². The SMILES string of the molecule is Cc1cccc(Cn2c(C)c(C)c3cc(C#N)nc(N4CCc5ccccc5C4)c32)c1. The number of nitrogens with zero attached hydrogens (tertiary/aromatic N) is 4. The molecule has 3 heterocycles. The second kappa shape index (κ2) is 7.59. The van der Waals surface area contributed by atoms with Crippen molar-refractivity contribution in [1.82, 2.24) is 9.55 Å². The lowest BCUT2D eigenvalue weighted by Gasteiger charge is -2.30. The summed E-state index contributed by atoms with van der Waals surface area (Å²) in [7, 11) is 0. The molecule has 2 aromatic heterocycles. The summed E-state index contributed by atoms with van der Waals surface area (Å²) in [4.78, 5) is 7.18. The Labute approximate surface area is 183 Å². The second-order valence-electron chi connectivity index (χ2n) is 8.56. The Morgan fingerprint density at radius 1 is 1.00 bits per heavy atom. The first-order chi connectivity index (χ1) is 15.0. The van der Waals surface area contributed by atoms with E-state index in [9.17, 15) is 5.26 Å². The predicted molar refractivity (Wildman–Crippen MR) is 125 cm³/mol. The van der Waals surface area contributed by atoms with Crippen molar-refractivity contribution >= 4 is 16.7 Å². The van der Waals surface area contributed by atoms with E-state index in [1.807, 2.05) is 6.07 Å². The molecule has 4 aromatic rings. The van der Waals surface area contributed by atoms with E-state index in [0.717, 1.165) is 42.8 Å². The highest BCUT2D eigenvalue weighted by Gasteiger charge is 2.24. The van der Waals surface area contributed by atoms with Crippen molar-refractivity contribution in [2.45, 2.75) is 40.3 Å². The summed E-state index contributed by atoms with van der Waals surface area (Å²) in [6.45, 7) is 8.98. The first kappa shape index (κ1) is 19.4. The fourth-order valence-electron chi connectivity index (χ4n) is 4.79. The molecule has 0 saturated heterocycles. The fraction of sp³-hybridized carbons (Fsp3) is 0.259. The van der Waals surface area contributed by atoms with Gasteiger partial charge in [-0.15, -0.1) is 0 Å². The van der Waals surface area contributed by atoms with Crippen LogP contribution in [0.3, 0.4) is 0 Å². The largest absolute Gasteiger partial charge is 0.350 e. The molecule has 0 N–H and O–H groups in total. The molecule has 0 amide bonds. The molecule has 0 aliphatic carbocycles. The summed E-state index contributed by atoms with van der Waals surface area (Å²) in [5, 5.41) is 10.8. The monoisotopic (exact) mass is 406 g/mol. The van der Waals surface area contributed by atoms with E-state index >= 15 is 0 Å². The van der Waals surface area contributed by atoms with Gasteiger partial charge in [-0.05, 0) is 55.5 Å². The Morgan fingerprint density at radius 2 is 1.81 bits per heavy atom. The summed E-state index contributed by atoms with van der Waals surface area (Å²) in [6, 6.07) is 21.5. The molecule has 2 aromatic carbocycles. The molecule has 0 unspecified atom stereocenters. The Balaban J connectivity index is 1.69. The topological polar surface area (TPSA) is 44.9 Å². The third-order valence-electron chi connectivity index (χ3n) is 6.56. The van der Waals surface area contributed by atoms with Gasteiger partial charge in [-0.1, -0.05) is 54.1 Å². The van der Waals surface area contributed by atoms with Crippen LogP contribution in [0.1, 0.15) is 39.2 Å². The van der Waals surface area contributed by atoms with E-state index in [0.29, 0.717) is 5.69 Å². The van der Waals surface area contributed by atoms with Crippen molar-refractivity contribution in [3.63, 3.8) is 0 Å². The molecule has 5 rings (SSSR count). The number of benzene rings is 2. The van der Waals surface area contributed by atoms with Crippen molar-refractivity contribution in [3.8, 4) is 6.07 Å². The van der Waals surface area contributed by atoms with Crippen LogP contribution >= 0.6 is 0 Å². The number of aromatic nitrogens is 2. The number of nitriles is 1. The van der Waals surface area contributed by atoms with Gasteiger partial charge in [-0.25, -0.2) is 4.98 Å². The van der Waals surface area contributed by atoms with Crippen LogP contribution < -0.4 is 4.90 Å². The first-order valence-electron chi connectivity index (χ1n) is 10.8. The van der Waals surface area contributed by atoms with E-state index in [1.165, 1.54) is 33.5 Å². The summed E-state index contributed by atoms with van der Waals surface area (Å²) in [6.07, 6.45) is 0.993. The molecule has 0 fully saturated rings. The zero-order chi connectivity index (χ0) is 21.5. The average Bonchev–Trinajstić information content (AvgIpc) is 3.03. The number of pyridine rings is 1. The zero-order valence-electron chi connectivity index (χ0n) is 18.3. The number of fused-ring (bicyclic) bond motifs is 2. The average molecular weight is 407 g/mol. The lowest BCUT2D eigenvalue weighted by Crippen LogP contribution is -2.31. The van der Waals surface area contributed by atoms with Gasteiger partial charge in [0.1, 0.15) is 11.8 Å². The van der Waals surface area contributed by atoms with Crippen molar-refractivity contribution in [1.29, 1.82) is 5.26 Å². The molecule has 1 aliphatic rings. The zero-order valence-corrected chi connectivity index (χ0v) is 18.3. The van der Waals surface area contributed by atoms with Crippen LogP contribution in [0, 0.1) is 32.1 Å². The molecule has 0 saturated carbocycles. The fourth-order valence-corrected chi connectivity index (χ4v) is 4.79. The highest BCUT2D eigenvalue weighted by atomic mass is 15.2. The minimum atomic E-state index is 0.483. The van der Waals surface area contributed by atoms with E-state index < -0.39 is 0 Å². The van der Waals surface area contributed by atoms with Gasteiger partial charge in [0.2, 0.25) is 0 Å². The quantitative estimate of drug-likeness (QED) is 0.455. The summed E-state index contributed by atoms with van der Waals surface area (Å²) in [5.74, 6) is 0.924. The van der Waals surface area contributed by atoms with Crippen LogP contribution in [0.25, 0.3) is 10.9 Å². The van der Waals surface area contributed by atoms with Gasteiger partial charge in [0, 0.05) is 30.7 Å². The Kier molecular flexibility index (Phi) is 4.75. The van der Waals surface area contributed by atoms with E-state index in [-0.39, 0.29) is 0 Å². The molecule has 154 valence electrons. The standard InChI is InChI=1S/C27H26N4/c1-18-7-6-8-21(13-18)16-31-20(3)19(2)25-14-24(15-28)29-27(26(25)31)30-12-11-22-9-4-5-10-23(22)17-30/h4-10,13-14H,11-12,16-17H2,1-3H3. The maximum absolute atomic E-state index is 9.67. The number of aryl methyl sites for hydroxylation is 2. The van der Waals surface area contributed by atoms with Gasteiger partial charge < -0.3 is 9.47 Å².